The Morgan fingerprint density at radius 1 is 0.500 bits per heavy atom. The molecular weight excluding hydrogens is 486 g/mol. The summed E-state index contributed by atoms with van der Waals surface area (Å²) < 4.78 is 2.27. The van der Waals surface area contributed by atoms with Crippen molar-refractivity contribution in [1.29, 1.82) is 0 Å². The average Bonchev–Trinajstić information content (AvgIpc) is 3.27. The molecule has 0 amide bonds. The second-order valence-electron chi connectivity index (χ2n) is 9.66. The summed E-state index contributed by atoms with van der Waals surface area (Å²) in [5.41, 5.74) is 4.05. The molecule has 0 fully saturated rings. The molecule has 0 aliphatic carbocycles. The van der Waals surface area contributed by atoms with E-state index in [1.54, 1.807) is 0 Å². The Kier molecular flexibility index (Phi) is 4.58. The second kappa shape index (κ2) is 8.14. The van der Waals surface area contributed by atoms with E-state index in [1.807, 2.05) is 18.2 Å². The summed E-state index contributed by atoms with van der Waals surface area (Å²) in [7, 11) is 0. The molecule has 8 rings (SSSR count). The number of fused-ring (bicyclic) bond motifs is 6. The largest absolute Gasteiger partial charge is 0.293 e. The van der Waals surface area contributed by atoms with E-state index in [2.05, 4.69) is 108 Å². The lowest BCUT2D eigenvalue weighted by atomic mass is 10.1. The van der Waals surface area contributed by atoms with Gasteiger partial charge in [0.15, 0.2) is 5.82 Å². The highest BCUT2D eigenvalue weighted by atomic mass is 35.5. The van der Waals surface area contributed by atoms with Crippen LogP contribution >= 0.6 is 11.6 Å². The summed E-state index contributed by atoms with van der Waals surface area (Å²) in [6.07, 6.45) is 0. The van der Waals surface area contributed by atoms with E-state index in [-0.39, 0.29) is 0 Å². The number of benzene rings is 6. The lowest BCUT2D eigenvalue weighted by molar-refractivity contribution is 1.08. The van der Waals surface area contributed by atoms with Crippen LogP contribution in [0.2, 0.25) is 5.02 Å². The van der Waals surface area contributed by atoms with Gasteiger partial charge in [-0.05, 0) is 70.1 Å². The van der Waals surface area contributed by atoms with Crippen LogP contribution < -0.4 is 0 Å². The Morgan fingerprint density at radius 2 is 1.18 bits per heavy atom. The Morgan fingerprint density at radius 3 is 2.03 bits per heavy atom. The fourth-order valence-corrected chi connectivity index (χ4v) is 5.77. The number of para-hydroxylation sites is 1. The van der Waals surface area contributed by atoms with Crippen LogP contribution in [-0.4, -0.2) is 14.5 Å². The molecule has 0 saturated carbocycles. The Hall–Kier alpha value is -4.73. The first-order valence-electron chi connectivity index (χ1n) is 12.6. The molecule has 38 heavy (non-hydrogen) atoms. The van der Waals surface area contributed by atoms with Crippen LogP contribution in [0.25, 0.3) is 71.5 Å². The summed E-state index contributed by atoms with van der Waals surface area (Å²) in [4.78, 5) is 10.2. The maximum atomic E-state index is 6.51. The number of nitrogens with zero attached hydrogens (tertiary/aromatic N) is 3. The fourth-order valence-electron chi connectivity index (χ4n) is 5.59. The smallest absolute Gasteiger partial charge is 0.162 e. The molecule has 0 aliphatic heterocycles. The molecule has 0 radical (unpaired) electrons. The third-order valence-corrected chi connectivity index (χ3v) is 7.63. The van der Waals surface area contributed by atoms with E-state index in [4.69, 9.17) is 21.6 Å². The number of rotatable bonds is 2. The van der Waals surface area contributed by atoms with Gasteiger partial charge < -0.3 is 0 Å². The highest BCUT2D eigenvalue weighted by molar-refractivity contribution is 6.32. The van der Waals surface area contributed by atoms with Gasteiger partial charge >= 0.3 is 0 Å². The number of hydrogen-bond acceptors (Lipinski definition) is 2. The molecule has 0 saturated heterocycles. The van der Waals surface area contributed by atoms with E-state index >= 15 is 0 Å². The predicted molar refractivity (Wildman–Crippen MR) is 159 cm³/mol. The van der Waals surface area contributed by atoms with Crippen molar-refractivity contribution in [1.82, 2.24) is 14.5 Å². The number of halogens is 1. The van der Waals surface area contributed by atoms with E-state index in [1.165, 1.54) is 21.5 Å². The molecule has 2 aromatic heterocycles. The first-order chi connectivity index (χ1) is 18.7. The summed E-state index contributed by atoms with van der Waals surface area (Å²) in [5.74, 6) is 1.56. The Bertz CT molecular complexity index is 2210. The van der Waals surface area contributed by atoms with Crippen LogP contribution in [0.3, 0.4) is 0 Å². The first-order valence-corrected chi connectivity index (χ1v) is 13.0. The van der Waals surface area contributed by atoms with Gasteiger partial charge in [-0.15, -0.1) is 0 Å². The van der Waals surface area contributed by atoms with Gasteiger partial charge in [0.05, 0.1) is 16.6 Å². The van der Waals surface area contributed by atoms with Crippen molar-refractivity contribution in [3.63, 3.8) is 0 Å². The van der Waals surface area contributed by atoms with Gasteiger partial charge in [-0.1, -0.05) is 84.4 Å². The summed E-state index contributed by atoms with van der Waals surface area (Å²) >= 11 is 6.51. The molecule has 0 atom stereocenters. The Labute approximate surface area is 223 Å². The van der Waals surface area contributed by atoms with Crippen LogP contribution in [0.15, 0.2) is 121 Å². The van der Waals surface area contributed by atoms with Gasteiger partial charge in [-0.25, -0.2) is 9.97 Å². The zero-order valence-corrected chi connectivity index (χ0v) is 21.0. The molecule has 6 aromatic carbocycles. The molecule has 3 nitrogen and oxygen atoms in total. The SMILES string of the molecule is Clc1ccc2c(c1)c1cc3ccccc3cc1n2-c1nc(-c2ccc3ccccc3c2)nc2ccccc12. The number of hydrogen-bond donors (Lipinski definition) is 0. The lowest BCUT2D eigenvalue weighted by Crippen LogP contribution is -2.02. The topological polar surface area (TPSA) is 30.7 Å². The van der Waals surface area contributed by atoms with Gasteiger partial charge in [0, 0.05) is 26.7 Å². The lowest BCUT2D eigenvalue weighted by Gasteiger charge is -2.13. The van der Waals surface area contributed by atoms with Crippen LogP contribution in [0.5, 0.6) is 0 Å². The molecule has 0 unspecified atom stereocenters. The van der Waals surface area contributed by atoms with Crippen molar-refractivity contribution in [2.45, 2.75) is 0 Å². The third kappa shape index (κ3) is 3.22. The highest BCUT2D eigenvalue weighted by Crippen LogP contribution is 2.38. The zero-order valence-electron chi connectivity index (χ0n) is 20.3. The summed E-state index contributed by atoms with van der Waals surface area (Å²) in [5, 5.41) is 8.72. The van der Waals surface area contributed by atoms with Crippen LogP contribution in [0, 0.1) is 0 Å². The van der Waals surface area contributed by atoms with Crippen LogP contribution in [0.1, 0.15) is 0 Å². The van der Waals surface area contributed by atoms with Gasteiger partial charge in [0.2, 0.25) is 0 Å². The minimum Gasteiger partial charge on any atom is -0.293 e. The van der Waals surface area contributed by atoms with Crippen molar-refractivity contribution < 1.29 is 0 Å². The predicted octanol–water partition coefficient (Wildman–Crippen LogP) is 9.35. The molecule has 178 valence electrons. The molecule has 2 heterocycles. The van der Waals surface area contributed by atoms with Crippen molar-refractivity contribution >= 4 is 65.9 Å². The van der Waals surface area contributed by atoms with Crippen LogP contribution in [-0.2, 0) is 0 Å². The minimum atomic E-state index is 0.703. The average molecular weight is 506 g/mol. The van der Waals surface area contributed by atoms with E-state index in [0.29, 0.717) is 10.8 Å². The molecule has 0 spiro atoms. The number of aromatic nitrogens is 3. The van der Waals surface area contributed by atoms with E-state index < -0.39 is 0 Å². The van der Waals surface area contributed by atoms with E-state index in [9.17, 15) is 0 Å². The molecular formula is C34H20ClN3. The zero-order chi connectivity index (χ0) is 25.2. The van der Waals surface area contributed by atoms with Gasteiger partial charge in [0.1, 0.15) is 5.82 Å². The van der Waals surface area contributed by atoms with Gasteiger partial charge in [-0.2, -0.15) is 0 Å². The summed E-state index contributed by atoms with van der Waals surface area (Å²) in [6.45, 7) is 0. The molecule has 0 N–H and O–H groups in total. The molecule has 0 bridgehead atoms. The third-order valence-electron chi connectivity index (χ3n) is 7.40. The normalized spacial score (nSPS) is 11.8. The Balaban J connectivity index is 1.50. The highest BCUT2D eigenvalue weighted by Gasteiger charge is 2.18. The quantitative estimate of drug-likeness (QED) is 0.234. The monoisotopic (exact) mass is 505 g/mol. The van der Waals surface area contributed by atoms with Crippen LogP contribution in [0.4, 0.5) is 0 Å². The fraction of sp³-hybridized carbons (Fsp3) is 0. The van der Waals surface area contributed by atoms with Crippen molar-refractivity contribution in [3.8, 4) is 17.2 Å². The molecule has 0 aliphatic rings. The van der Waals surface area contributed by atoms with E-state index in [0.717, 1.165) is 44.1 Å². The minimum absolute atomic E-state index is 0.703. The van der Waals surface area contributed by atoms with Crippen molar-refractivity contribution in [2.24, 2.45) is 0 Å². The maximum absolute atomic E-state index is 6.51. The maximum Gasteiger partial charge on any atom is 0.162 e. The van der Waals surface area contributed by atoms with Crippen molar-refractivity contribution in [2.75, 3.05) is 0 Å². The standard InChI is InChI=1S/C34H20ClN3/c35-26-15-16-31-29(20-26)28-18-23-9-3-4-10-24(23)19-32(28)38(31)34-27-11-5-6-12-30(27)36-33(37-34)25-14-13-21-7-1-2-8-22(21)17-25/h1-20H. The molecule has 8 aromatic rings. The van der Waals surface area contributed by atoms with Gasteiger partial charge in [-0.3, -0.25) is 4.57 Å². The summed E-state index contributed by atoms with van der Waals surface area (Å²) in [6, 6.07) is 42.1. The van der Waals surface area contributed by atoms with Gasteiger partial charge in [0.25, 0.3) is 0 Å². The van der Waals surface area contributed by atoms with Crippen molar-refractivity contribution in [3.05, 3.63) is 126 Å². The second-order valence-corrected chi connectivity index (χ2v) is 10.1. The molecule has 4 heteroatoms. The first kappa shape index (κ1) is 21.4.